The van der Waals surface area contributed by atoms with Crippen LogP contribution in [0.2, 0.25) is 0 Å². The summed E-state index contributed by atoms with van der Waals surface area (Å²) in [6.07, 6.45) is 1.18. The van der Waals surface area contributed by atoms with Crippen molar-refractivity contribution in [2.24, 2.45) is 5.41 Å². The van der Waals surface area contributed by atoms with E-state index in [1.807, 2.05) is 38.1 Å². The molecule has 154 valence electrons. The lowest BCUT2D eigenvalue weighted by Crippen LogP contribution is -2.43. The molecule has 4 rings (SSSR count). The normalized spacial score (nSPS) is 20.9. The second kappa shape index (κ2) is 7.47. The number of nitro groups is 1. The maximum Gasteiger partial charge on any atom is 0.269 e. The minimum atomic E-state index is -0.470. The van der Waals surface area contributed by atoms with Crippen LogP contribution in [-0.2, 0) is 9.59 Å². The predicted octanol–water partition coefficient (Wildman–Crippen LogP) is 5.52. The van der Waals surface area contributed by atoms with Gasteiger partial charge in [-0.25, -0.2) is 0 Å². The summed E-state index contributed by atoms with van der Waals surface area (Å²) in [5.41, 5.74) is 2.55. The second-order valence-electron chi connectivity index (χ2n) is 8.58. The number of hydrogen-bond donors (Lipinski definition) is 0. The van der Waals surface area contributed by atoms with E-state index in [2.05, 4.69) is 15.9 Å². The van der Waals surface area contributed by atoms with Crippen molar-refractivity contribution in [3.05, 3.63) is 80.0 Å². The highest BCUT2D eigenvalue weighted by Crippen LogP contribution is 2.49. The lowest BCUT2D eigenvalue weighted by atomic mass is 9.69. The van der Waals surface area contributed by atoms with Crippen LogP contribution in [0, 0.1) is 15.5 Å². The van der Waals surface area contributed by atoms with Crippen molar-refractivity contribution in [3.63, 3.8) is 0 Å². The predicted molar refractivity (Wildman–Crippen MR) is 117 cm³/mol. The van der Waals surface area contributed by atoms with Gasteiger partial charge in [0.15, 0.2) is 5.78 Å². The zero-order valence-electron chi connectivity index (χ0n) is 16.7. The molecule has 0 spiro atoms. The van der Waals surface area contributed by atoms with Crippen molar-refractivity contribution in [2.75, 3.05) is 4.90 Å². The number of halogens is 1. The van der Waals surface area contributed by atoms with Gasteiger partial charge in [-0.1, -0.05) is 48.0 Å². The first kappa shape index (κ1) is 20.5. The van der Waals surface area contributed by atoms with Crippen molar-refractivity contribution < 1.29 is 14.5 Å². The molecule has 1 atom stereocenters. The Balaban J connectivity index is 1.88. The van der Waals surface area contributed by atoms with Gasteiger partial charge in [-0.05, 0) is 35.6 Å². The van der Waals surface area contributed by atoms with Crippen LogP contribution in [-0.4, -0.2) is 16.6 Å². The molecule has 0 radical (unpaired) electrons. The summed E-state index contributed by atoms with van der Waals surface area (Å²) >= 11 is 3.57. The standard InChI is InChI=1S/C23H21BrN2O4/c1-23(2)12-19-22(20(27)13-23)17(16-5-3-4-6-18(16)24)11-21(28)25(19)14-7-9-15(10-8-14)26(29)30/h3-10,17H,11-13H2,1-2H3. The fourth-order valence-corrected chi connectivity index (χ4v) is 5.02. The third-order valence-corrected chi connectivity index (χ3v) is 6.46. The molecule has 6 nitrogen and oxygen atoms in total. The van der Waals surface area contributed by atoms with E-state index in [0.717, 1.165) is 10.0 Å². The first-order valence-electron chi connectivity index (χ1n) is 9.76. The molecule has 0 bridgehead atoms. The highest BCUT2D eigenvalue weighted by molar-refractivity contribution is 9.10. The van der Waals surface area contributed by atoms with Crippen molar-refractivity contribution in [2.45, 2.75) is 39.0 Å². The van der Waals surface area contributed by atoms with Crippen LogP contribution in [0.1, 0.15) is 44.6 Å². The first-order valence-corrected chi connectivity index (χ1v) is 10.6. The summed E-state index contributed by atoms with van der Waals surface area (Å²) in [5, 5.41) is 11.0. The molecule has 0 saturated heterocycles. The minimum Gasteiger partial charge on any atom is -0.294 e. The van der Waals surface area contributed by atoms with Crippen molar-refractivity contribution in [1.29, 1.82) is 0 Å². The van der Waals surface area contributed by atoms with Gasteiger partial charge in [-0.2, -0.15) is 0 Å². The number of anilines is 1. The molecule has 7 heteroatoms. The summed E-state index contributed by atoms with van der Waals surface area (Å²) in [6.45, 7) is 4.05. The number of allylic oxidation sites excluding steroid dienone is 2. The van der Waals surface area contributed by atoms with Gasteiger partial charge in [-0.3, -0.25) is 24.6 Å². The van der Waals surface area contributed by atoms with Crippen LogP contribution < -0.4 is 4.90 Å². The Kier molecular flexibility index (Phi) is 5.10. The van der Waals surface area contributed by atoms with Gasteiger partial charge in [0, 0.05) is 52.3 Å². The average molecular weight is 469 g/mol. The van der Waals surface area contributed by atoms with Gasteiger partial charge >= 0.3 is 0 Å². The van der Waals surface area contributed by atoms with Crippen molar-refractivity contribution in [1.82, 2.24) is 0 Å². The van der Waals surface area contributed by atoms with Crippen molar-refractivity contribution in [3.8, 4) is 0 Å². The second-order valence-corrected chi connectivity index (χ2v) is 9.44. The van der Waals surface area contributed by atoms with Gasteiger partial charge in [0.05, 0.1) is 4.92 Å². The molecule has 1 unspecified atom stereocenters. The van der Waals surface area contributed by atoms with Gasteiger partial charge in [-0.15, -0.1) is 0 Å². The summed E-state index contributed by atoms with van der Waals surface area (Å²) in [5.74, 6) is -0.365. The lowest BCUT2D eigenvalue weighted by Gasteiger charge is -2.43. The third kappa shape index (κ3) is 3.58. The molecule has 2 aromatic carbocycles. The monoisotopic (exact) mass is 468 g/mol. The number of non-ortho nitro benzene ring substituents is 1. The maximum absolute atomic E-state index is 13.3. The SMILES string of the molecule is CC1(C)CC(=O)C2=C(C1)N(c1ccc([N+](=O)[O-])cc1)C(=O)CC2c1ccccc1Br. The number of nitrogens with zero attached hydrogens (tertiary/aromatic N) is 2. The van der Waals surface area contributed by atoms with E-state index < -0.39 is 4.92 Å². The summed E-state index contributed by atoms with van der Waals surface area (Å²) in [6, 6.07) is 13.6. The Morgan fingerprint density at radius 1 is 1.07 bits per heavy atom. The number of ketones is 1. The molecule has 2 aliphatic rings. The van der Waals surface area contributed by atoms with Crippen LogP contribution in [0.5, 0.6) is 0 Å². The van der Waals surface area contributed by atoms with Crippen LogP contribution >= 0.6 is 15.9 Å². The quantitative estimate of drug-likeness (QED) is 0.438. The third-order valence-electron chi connectivity index (χ3n) is 5.74. The van der Waals surface area contributed by atoms with Crippen LogP contribution in [0.25, 0.3) is 0 Å². The fourth-order valence-electron chi connectivity index (χ4n) is 4.46. The van der Waals surface area contributed by atoms with Crippen molar-refractivity contribution >= 4 is 39.0 Å². The highest BCUT2D eigenvalue weighted by atomic mass is 79.9. The number of Topliss-reactive ketones (excluding diaryl/α,β-unsaturated/α-hetero) is 1. The number of benzene rings is 2. The van der Waals surface area contributed by atoms with Gasteiger partial charge in [0.1, 0.15) is 0 Å². The number of carbonyl (C=O) groups excluding carboxylic acids is 2. The molecule has 0 fully saturated rings. The molecule has 0 saturated carbocycles. The Hall–Kier alpha value is -2.80. The fraction of sp³-hybridized carbons (Fsp3) is 0.304. The Bertz CT molecular complexity index is 1090. The lowest BCUT2D eigenvalue weighted by molar-refractivity contribution is -0.384. The summed E-state index contributed by atoms with van der Waals surface area (Å²) < 4.78 is 0.871. The Morgan fingerprint density at radius 2 is 1.73 bits per heavy atom. The van der Waals surface area contributed by atoms with E-state index in [0.29, 0.717) is 29.8 Å². The number of carbonyl (C=O) groups is 2. The molecular formula is C23H21BrN2O4. The molecule has 1 amide bonds. The first-order chi connectivity index (χ1) is 14.2. The molecule has 0 aromatic heterocycles. The van der Waals surface area contributed by atoms with E-state index >= 15 is 0 Å². The maximum atomic E-state index is 13.3. The van der Waals surface area contributed by atoms with Crippen LogP contribution in [0.4, 0.5) is 11.4 Å². The van der Waals surface area contributed by atoms with E-state index in [-0.39, 0.29) is 35.1 Å². The van der Waals surface area contributed by atoms with E-state index in [1.54, 1.807) is 17.0 Å². The average Bonchev–Trinajstić information content (AvgIpc) is 2.67. The van der Waals surface area contributed by atoms with Crippen LogP contribution in [0.3, 0.4) is 0 Å². The molecule has 1 aliphatic carbocycles. The summed E-state index contributed by atoms with van der Waals surface area (Å²) in [7, 11) is 0. The number of rotatable bonds is 3. The number of nitro benzene ring substituents is 1. The van der Waals surface area contributed by atoms with Gasteiger partial charge < -0.3 is 0 Å². The molecule has 2 aromatic rings. The zero-order valence-corrected chi connectivity index (χ0v) is 18.3. The highest BCUT2D eigenvalue weighted by Gasteiger charge is 2.44. The Labute approximate surface area is 182 Å². The molecule has 30 heavy (non-hydrogen) atoms. The minimum absolute atomic E-state index is 0.0384. The number of hydrogen-bond acceptors (Lipinski definition) is 4. The van der Waals surface area contributed by atoms with Gasteiger partial charge in [0.25, 0.3) is 5.69 Å². The van der Waals surface area contributed by atoms with E-state index in [9.17, 15) is 19.7 Å². The van der Waals surface area contributed by atoms with Crippen LogP contribution in [0.15, 0.2) is 64.3 Å². The van der Waals surface area contributed by atoms with Gasteiger partial charge in [0.2, 0.25) is 5.91 Å². The van der Waals surface area contributed by atoms with E-state index in [1.165, 1.54) is 12.1 Å². The molecule has 1 heterocycles. The number of amides is 1. The molecule has 1 aliphatic heterocycles. The smallest absolute Gasteiger partial charge is 0.269 e. The molecule has 0 N–H and O–H groups in total. The van der Waals surface area contributed by atoms with E-state index in [4.69, 9.17) is 0 Å². The molecular weight excluding hydrogens is 448 g/mol. The topological polar surface area (TPSA) is 80.5 Å². The zero-order chi connectivity index (χ0) is 21.6. The summed E-state index contributed by atoms with van der Waals surface area (Å²) in [4.78, 5) is 38.7. The Morgan fingerprint density at radius 3 is 2.37 bits per heavy atom. The largest absolute Gasteiger partial charge is 0.294 e.